The van der Waals surface area contributed by atoms with Crippen molar-refractivity contribution in [3.8, 4) is 0 Å². The van der Waals surface area contributed by atoms with Crippen LogP contribution in [-0.4, -0.2) is 29.3 Å². The minimum absolute atomic E-state index is 0.179. The van der Waals surface area contributed by atoms with Crippen LogP contribution in [0.1, 0.15) is 18.7 Å². The summed E-state index contributed by atoms with van der Waals surface area (Å²) in [6.45, 7) is 1.45. The molecular weight excluding hydrogens is 276 g/mol. The molecule has 1 aliphatic heterocycles. The molecule has 0 fully saturated rings. The van der Waals surface area contributed by atoms with E-state index in [1.54, 1.807) is 9.48 Å². The Hall–Kier alpha value is -2.46. The van der Waals surface area contributed by atoms with Gasteiger partial charge in [0.15, 0.2) is 0 Å². The minimum Gasteiger partial charge on any atom is -0.828 e. The zero-order valence-corrected chi connectivity index (χ0v) is 12.6. The van der Waals surface area contributed by atoms with E-state index in [-0.39, 0.29) is 11.9 Å². The highest BCUT2D eigenvalue weighted by Crippen LogP contribution is 2.33. The van der Waals surface area contributed by atoms with Crippen molar-refractivity contribution in [3.63, 3.8) is 0 Å². The quantitative estimate of drug-likeness (QED) is 0.807. The van der Waals surface area contributed by atoms with Crippen LogP contribution in [0, 0.1) is 0 Å². The number of ketones is 1. The Kier molecular flexibility index (Phi) is 3.77. The lowest BCUT2D eigenvalue weighted by molar-refractivity contribution is -0.534. The maximum absolute atomic E-state index is 12.9. The summed E-state index contributed by atoms with van der Waals surface area (Å²) >= 11 is 0. The average Bonchev–Trinajstić information content (AvgIpc) is 2.80. The molecule has 0 aromatic heterocycles. The maximum Gasteiger partial charge on any atom is 0.254 e. The number of para-hydroxylation sites is 1. The number of hydrogen-bond donors (Lipinski definition) is 0. The van der Waals surface area contributed by atoms with Crippen LogP contribution in [-0.2, 0) is 4.79 Å². The van der Waals surface area contributed by atoms with Crippen molar-refractivity contribution in [1.82, 2.24) is 0 Å². The highest BCUT2D eigenvalue weighted by molar-refractivity contribution is 6.39. The number of rotatable bonds is 3. The summed E-state index contributed by atoms with van der Waals surface area (Å²) in [6, 6.07) is 19.3. The molecule has 3 rings (SSSR count). The van der Waals surface area contributed by atoms with Gasteiger partial charge in [0, 0.05) is 24.4 Å². The number of hydrogen-bond acceptors (Lipinski definition) is 3. The maximum atomic E-state index is 12.9. The summed E-state index contributed by atoms with van der Waals surface area (Å²) in [7, 11) is 1.81. The molecule has 0 saturated carbocycles. The fraction of sp³-hybridized carbons (Fsp3) is 0.222. The van der Waals surface area contributed by atoms with Gasteiger partial charge in [0.25, 0.3) is 6.17 Å². The number of anilines is 1. The van der Waals surface area contributed by atoms with Crippen LogP contribution in [0.4, 0.5) is 5.69 Å². The standard InChI is InChI=1S/C18H18N2O2/c1-13(21)16-18(22)20(15-11-7-4-8-12-15)17(19(16)2)14-9-5-3-6-10-14/h3-12,17-18H,1-2H3. The number of Topliss-reactive ketones (excluding diaryl/α,β-unsaturated/α-hetero) is 1. The van der Waals surface area contributed by atoms with Crippen molar-refractivity contribution in [3.05, 3.63) is 66.2 Å². The van der Waals surface area contributed by atoms with Gasteiger partial charge in [0.2, 0.25) is 11.5 Å². The second-order valence-corrected chi connectivity index (χ2v) is 5.43. The van der Waals surface area contributed by atoms with Gasteiger partial charge in [-0.2, -0.15) is 0 Å². The molecule has 0 bridgehead atoms. The van der Waals surface area contributed by atoms with E-state index in [2.05, 4.69) is 0 Å². The zero-order valence-electron chi connectivity index (χ0n) is 12.6. The molecular formula is C18H18N2O2. The molecule has 4 heteroatoms. The van der Waals surface area contributed by atoms with E-state index < -0.39 is 6.23 Å². The lowest BCUT2D eigenvalue weighted by Crippen LogP contribution is -2.48. The smallest absolute Gasteiger partial charge is 0.254 e. The van der Waals surface area contributed by atoms with Crippen LogP contribution in [0.25, 0.3) is 0 Å². The molecule has 22 heavy (non-hydrogen) atoms. The topological polar surface area (TPSA) is 46.4 Å². The molecule has 2 unspecified atom stereocenters. The van der Waals surface area contributed by atoms with Gasteiger partial charge in [-0.1, -0.05) is 48.5 Å². The lowest BCUT2D eigenvalue weighted by Gasteiger charge is -2.32. The highest BCUT2D eigenvalue weighted by atomic mass is 16.3. The predicted octanol–water partition coefficient (Wildman–Crippen LogP) is 1.56. The summed E-state index contributed by atoms with van der Waals surface area (Å²) in [4.78, 5) is 13.7. The van der Waals surface area contributed by atoms with Gasteiger partial charge in [-0.25, -0.2) is 4.58 Å². The molecule has 0 spiro atoms. The summed E-state index contributed by atoms with van der Waals surface area (Å²) in [5.41, 5.74) is 2.11. The summed E-state index contributed by atoms with van der Waals surface area (Å²) in [5.74, 6) is -0.179. The van der Waals surface area contributed by atoms with Crippen LogP contribution in [0.3, 0.4) is 0 Å². The molecule has 2 aromatic carbocycles. The first-order valence-corrected chi connectivity index (χ1v) is 7.26. The van der Waals surface area contributed by atoms with Crippen LogP contribution < -0.4 is 10.0 Å². The summed E-state index contributed by atoms with van der Waals surface area (Å²) < 4.78 is 1.79. The number of benzene rings is 2. The average molecular weight is 294 g/mol. The van der Waals surface area contributed by atoms with Crippen LogP contribution >= 0.6 is 0 Å². The second kappa shape index (κ2) is 5.73. The van der Waals surface area contributed by atoms with Crippen LogP contribution in [0.15, 0.2) is 60.7 Å². The van der Waals surface area contributed by atoms with Gasteiger partial charge < -0.3 is 10.0 Å². The molecule has 112 valence electrons. The number of carbonyl (C=O) groups is 1. The Labute approximate surface area is 129 Å². The third-order valence-corrected chi connectivity index (χ3v) is 4.01. The van der Waals surface area contributed by atoms with E-state index in [0.717, 1.165) is 11.3 Å². The molecule has 2 aromatic rings. The molecule has 4 nitrogen and oxygen atoms in total. The van der Waals surface area contributed by atoms with E-state index in [9.17, 15) is 9.90 Å². The van der Waals surface area contributed by atoms with Crippen molar-refractivity contribution < 1.29 is 14.5 Å². The first-order valence-electron chi connectivity index (χ1n) is 7.26. The Balaban J connectivity index is 2.14. The van der Waals surface area contributed by atoms with Gasteiger partial charge in [-0.15, -0.1) is 0 Å². The number of nitrogens with zero attached hydrogens (tertiary/aromatic N) is 2. The van der Waals surface area contributed by atoms with Crippen molar-refractivity contribution >= 4 is 17.2 Å². The molecule has 0 radical (unpaired) electrons. The fourth-order valence-electron chi connectivity index (χ4n) is 3.06. The van der Waals surface area contributed by atoms with E-state index in [0.29, 0.717) is 5.71 Å². The van der Waals surface area contributed by atoms with E-state index >= 15 is 0 Å². The van der Waals surface area contributed by atoms with Crippen LogP contribution in [0.5, 0.6) is 0 Å². The Morgan fingerprint density at radius 1 is 1.05 bits per heavy atom. The number of carbonyl (C=O) groups excluding carboxylic acids is 1. The van der Waals surface area contributed by atoms with Gasteiger partial charge in [-0.05, 0) is 12.1 Å². The van der Waals surface area contributed by atoms with Crippen molar-refractivity contribution in [2.45, 2.75) is 19.3 Å². The SMILES string of the molecule is CC(=O)C1=[N+](C)C(c2ccccc2)N(c2ccccc2)C1[O-]. The summed E-state index contributed by atoms with van der Waals surface area (Å²) in [5, 5.41) is 12.9. The van der Waals surface area contributed by atoms with Gasteiger partial charge in [0.1, 0.15) is 7.05 Å². The largest absolute Gasteiger partial charge is 0.828 e. The highest BCUT2D eigenvalue weighted by Gasteiger charge is 2.43. The Morgan fingerprint density at radius 3 is 2.14 bits per heavy atom. The summed E-state index contributed by atoms with van der Waals surface area (Å²) in [6.07, 6.45) is -1.47. The molecule has 2 atom stereocenters. The van der Waals surface area contributed by atoms with E-state index in [4.69, 9.17) is 0 Å². The molecule has 0 saturated heterocycles. The third-order valence-electron chi connectivity index (χ3n) is 4.01. The normalized spacial score (nSPS) is 21.3. The second-order valence-electron chi connectivity index (χ2n) is 5.43. The van der Waals surface area contributed by atoms with E-state index in [1.165, 1.54) is 6.92 Å². The molecule has 0 amide bonds. The lowest BCUT2D eigenvalue weighted by atomic mass is 10.1. The molecule has 0 aliphatic carbocycles. The Morgan fingerprint density at radius 2 is 1.59 bits per heavy atom. The monoisotopic (exact) mass is 294 g/mol. The Bertz CT molecular complexity index is 710. The van der Waals surface area contributed by atoms with Crippen molar-refractivity contribution in [1.29, 1.82) is 0 Å². The third kappa shape index (κ3) is 2.31. The zero-order chi connectivity index (χ0) is 15.7. The predicted molar refractivity (Wildman–Crippen MR) is 83.8 cm³/mol. The first-order chi connectivity index (χ1) is 10.6. The van der Waals surface area contributed by atoms with Crippen molar-refractivity contribution in [2.75, 3.05) is 11.9 Å². The van der Waals surface area contributed by atoms with Gasteiger partial charge in [-0.3, -0.25) is 4.79 Å². The fourth-order valence-corrected chi connectivity index (χ4v) is 3.06. The van der Waals surface area contributed by atoms with Gasteiger partial charge >= 0.3 is 0 Å². The molecule has 1 aliphatic rings. The first kappa shape index (κ1) is 14.5. The molecule has 0 N–H and O–H groups in total. The molecule has 1 heterocycles. The van der Waals surface area contributed by atoms with Crippen LogP contribution in [0.2, 0.25) is 0 Å². The van der Waals surface area contributed by atoms with E-state index in [1.807, 2.05) is 67.7 Å². The van der Waals surface area contributed by atoms with Gasteiger partial charge in [0.05, 0.1) is 0 Å². The minimum atomic E-state index is -1.20. The van der Waals surface area contributed by atoms with Crippen molar-refractivity contribution in [2.24, 2.45) is 0 Å².